The maximum Gasteiger partial charge on any atom is 0.0955 e. The average Bonchev–Trinajstić information content (AvgIpc) is 3.23. The molecule has 0 spiro atoms. The fraction of sp³-hybridized carbons (Fsp3) is 0.250. The number of aromatic nitrogens is 1. The summed E-state index contributed by atoms with van der Waals surface area (Å²) in [6.45, 7) is 9.87. The molecule has 2 heterocycles. The predicted molar refractivity (Wildman–Crippen MR) is 136 cm³/mol. The summed E-state index contributed by atoms with van der Waals surface area (Å²) in [4.78, 5) is 4.52. The minimum Gasteiger partial charge on any atom is -0.512 e. The van der Waals surface area contributed by atoms with E-state index >= 15 is 0 Å². The number of nitrogens with zero attached hydrogens (tertiary/aromatic N) is 1. The smallest absolute Gasteiger partial charge is 0.0955 e. The van der Waals surface area contributed by atoms with Gasteiger partial charge in [-0.3, -0.25) is 0 Å². The van der Waals surface area contributed by atoms with Gasteiger partial charge in [-0.05, 0) is 47.4 Å². The first-order chi connectivity index (χ1) is 15.2. The third-order valence-electron chi connectivity index (χ3n) is 5.21. The Balaban J connectivity index is 0.000000244. The molecule has 2 aromatic heterocycles. The van der Waals surface area contributed by atoms with Crippen molar-refractivity contribution in [3.05, 3.63) is 95.2 Å². The summed E-state index contributed by atoms with van der Waals surface area (Å²) in [5.74, 6) is 0.168. The van der Waals surface area contributed by atoms with Gasteiger partial charge in [0.2, 0.25) is 0 Å². The molecule has 5 heteroatoms. The van der Waals surface area contributed by atoms with Crippen molar-refractivity contribution in [2.24, 2.45) is 0 Å². The molecule has 0 bridgehead atoms. The number of aliphatic hydroxyl groups excluding tert-OH is 2. The molecule has 0 aliphatic carbocycles. The zero-order valence-electron chi connectivity index (χ0n) is 19.6. The second-order valence-corrected chi connectivity index (χ2v) is 9.72. The largest absolute Gasteiger partial charge is 0.512 e. The number of allylic oxidation sites excluding steroid dienone is 1. The minimum atomic E-state index is -0.646. The van der Waals surface area contributed by atoms with Gasteiger partial charge in [0, 0.05) is 36.6 Å². The number of hydrogen-bond acceptors (Lipinski definition) is 4. The molecule has 0 saturated heterocycles. The molecule has 1 atom stereocenters. The molecular weight excluding hydrogens is 607 g/mol. The second kappa shape index (κ2) is 11.7. The fourth-order valence-electron chi connectivity index (χ4n) is 3.52. The van der Waals surface area contributed by atoms with Crippen LogP contribution in [0.1, 0.15) is 45.7 Å². The number of thiophene rings is 1. The Kier molecular flexibility index (Phi) is 9.56. The van der Waals surface area contributed by atoms with Crippen LogP contribution in [0.4, 0.5) is 0 Å². The van der Waals surface area contributed by atoms with E-state index in [0.29, 0.717) is 5.57 Å². The molecule has 0 saturated carbocycles. The van der Waals surface area contributed by atoms with Gasteiger partial charge in [-0.25, -0.2) is 0 Å². The number of fused-ring (bicyclic) bond motifs is 1. The molecule has 0 fully saturated rings. The van der Waals surface area contributed by atoms with Crippen molar-refractivity contribution in [1.82, 2.24) is 4.98 Å². The van der Waals surface area contributed by atoms with E-state index < -0.39 is 6.10 Å². The van der Waals surface area contributed by atoms with Crippen molar-refractivity contribution in [2.45, 2.75) is 46.1 Å². The SMILES string of the molecule is CC(C)(C)c1c[c-]c(-c2nccc3sccc23)cc1.CC(O)=C(c1ccccc1)C(C)O.[Ir]. The van der Waals surface area contributed by atoms with Crippen molar-refractivity contribution in [3.63, 3.8) is 0 Å². The van der Waals surface area contributed by atoms with Gasteiger partial charge in [0.25, 0.3) is 0 Å². The maximum absolute atomic E-state index is 9.42. The van der Waals surface area contributed by atoms with Crippen molar-refractivity contribution in [3.8, 4) is 11.3 Å². The molecule has 0 aliphatic heterocycles. The molecule has 4 rings (SSSR count). The Morgan fingerprint density at radius 2 is 1.73 bits per heavy atom. The average molecular weight is 637 g/mol. The van der Waals surface area contributed by atoms with Gasteiger partial charge < -0.3 is 15.2 Å². The summed E-state index contributed by atoms with van der Waals surface area (Å²) in [5.41, 5.74) is 5.00. The maximum atomic E-state index is 9.42. The molecule has 2 aromatic carbocycles. The van der Waals surface area contributed by atoms with E-state index in [0.717, 1.165) is 16.8 Å². The monoisotopic (exact) mass is 637 g/mol. The first-order valence-corrected chi connectivity index (χ1v) is 11.5. The normalized spacial score (nSPS) is 12.8. The van der Waals surface area contributed by atoms with Crippen molar-refractivity contribution >= 4 is 27.0 Å². The third-order valence-corrected chi connectivity index (χ3v) is 6.09. The van der Waals surface area contributed by atoms with E-state index in [2.05, 4.69) is 67.5 Å². The molecule has 3 nitrogen and oxygen atoms in total. The Morgan fingerprint density at radius 1 is 1.03 bits per heavy atom. The van der Waals surface area contributed by atoms with Gasteiger partial charge in [0.15, 0.2) is 0 Å². The Hall–Kier alpha value is -2.30. The van der Waals surface area contributed by atoms with Gasteiger partial charge in [0.1, 0.15) is 0 Å². The van der Waals surface area contributed by atoms with Gasteiger partial charge in [-0.15, -0.1) is 46.7 Å². The summed E-state index contributed by atoms with van der Waals surface area (Å²) < 4.78 is 1.28. The summed E-state index contributed by atoms with van der Waals surface area (Å²) in [7, 11) is 0. The first kappa shape index (κ1) is 26.9. The van der Waals surface area contributed by atoms with Crippen molar-refractivity contribution < 1.29 is 30.3 Å². The van der Waals surface area contributed by atoms with E-state index in [1.807, 2.05) is 36.5 Å². The summed E-state index contributed by atoms with van der Waals surface area (Å²) in [6.07, 6.45) is 1.23. The zero-order valence-corrected chi connectivity index (χ0v) is 22.8. The van der Waals surface area contributed by atoms with Crippen LogP contribution in [0.3, 0.4) is 0 Å². The number of hydrogen-bond donors (Lipinski definition) is 2. The topological polar surface area (TPSA) is 53.4 Å². The number of pyridine rings is 1. The van der Waals surface area contributed by atoms with Crippen molar-refractivity contribution in [1.29, 1.82) is 0 Å². The van der Waals surface area contributed by atoms with Crippen LogP contribution in [0, 0.1) is 6.07 Å². The fourth-order valence-corrected chi connectivity index (χ4v) is 4.30. The number of benzene rings is 2. The number of rotatable bonds is 3. The second-order valence-electron chi connectivity index (χ2n) is 8.77. The first-order valence-electron chi connectivity index (χ1n) is 10.7. The molecule has 0 aliphatic rings. The quantitative estimate of drug-likeness (QED) is 0.182. The van der Waals surface area contributed by atoms with E-state index in [1.54, 1.807) is 25.2 Å². The van der Waals surface area contributed by atoms with Gasteiger partial charge in [0.05, 0.1) is 11.9 Å². The van der Waals surface area contributed by atoms with Crippen molar-refractivity contribution in [2.75, 3.05) is 0 Å². The van der Waals surface area contributed by atoms with Crippen LogP contribution in [0.25, 0.3) is 26.9 Å². The van der Waals surface area contributed by atoms with E-state index in [4.69, 9.17) is 0 Å². The van der Waals surface area contributed by atoms with Crippen LogP contribution in [0.5, 0.6) is 0 Å². The van der Waals surface area contributed by atoms with Crippen LogP contribution in [-0.2, 0) is 25.5 Å². The standard InChI is InChI=1S/C17H16NS.C11H14O2.Ir/c1-17(2,3)13-6-4-12(5-7-13)16-14-9-11-19-15(14)8-10-18-16;1-8(12)11(9(2)13)10-6-4-3-5-7-10;/h4,6-11H,1-3H3;3-8,12-13H,1-2H3;/q-1;;. The van der Waals surface area contributed by atoms with E-state index in [9.17, 15) is 10.2 Å². The molecule has 2 N–H and O–H groups in total. The van der Waals surface area contributed by atoms with Gasteiger partial charge >= 0.3 is 0 Å². The van der Waals surface area contributed by atoms with E-state index in [1.165, 1.54) is 15.6 Å². The third kappa shape index (κ3) is 6.84. The molecule has 4 aromatic rings. The molecule has 33 heavy (non-hydrogen) atoms. The van der Waals surface area contributed by atoms with E-state index in [-0.39, 0.29) is 31.3 Å². The zero-order chi connectivity index (χ0) is 23.3. The summed E-state index contributed by atoms with van der Waals surface area (Å²) in [6, 6.07) is 23.3. The van der Waals surface area contributed by atoms with Crippen LogP contribution in [0.15, 0.2) is 78.0 Å². The molecule has 175 valence electrons. The predicted octanol–water partition coefficient (Wildman–Crippen LogP) is 7.41. The molecule has 1 unspecified atom stereocenters. The van der Waals surface area contributed by atoms with Crippen LogP contribution >= 0.6 is 11.3 Å². The van der Waals surface area contributed by atoms with Crippen LogP contribution in [-0.4, -0.2) is 21.3 Å². The summed E-state index contributed by atoms with van der Waals surface area (Å²) >= 11 is 1.75. The Morgan fingerprint density at radius 3 is 2.27 bits per heavy atom. The van der Waals surface area contributed by atoms with Gasteiger partial charge in [-0.2, -0.15) is 0 Å². The minimum absolute atomic E-state index is 0. The van der Waals surface area contributed by atoms with Crippen LogP contribution < -0.4 is 0 Å². The number of aliphatic hydroxyl groups is 2. The Labute approximate surface area is 214 Å². The molecular formula is C28H30IrNO2S-. The molecule has 1 radical (unpaired) electrons. The summed E-state index contributed by atoms with van der Waals surface area (Å²) in [5, 5.41) is 22.1. The Bertz CT molecular complexity index is 1190. The molecule has 0 amide bonds. The van der Waals surface area contributed by atoms with Gasteiger partial charge in [-0.1, -0.05) is 57.2 Å². The van der Waals surface area contributed by atoms with Crippen LogP contribution in [0.2, 0.25) is 0 Å².